The zero-order chi connectivity index (χ0) is 24.7. The van der Waals surface area contributed by atoms with Gasteiger partial charge in [-0.25, -0.2) is 0 Å². The molecule has 0 atom stereocenters. The molecule has 0 aliphatic heterocycles. The summed E-state index contributed by atoms with van der Waals surface area (Å²) in [5, 5.41) is 2.20. The number of aryl methyl sites for hydroxylation is 1. The Morgan fingerprint density at radius 2 is 1.38 bits per heavy atom. The van der Waals surface area contributed by atoms with E-state index in [1.165, 1.54) is 12.1 Å². The molecule has 1 amide bonds. The number of benzene rings is 4. The van der Waals surface area contributed by atoms with E-state index in [-0.39, 0.29) is 16.5 Å². The van der Waals surface area contributed by atoms with E-state index < -0.39 is 35.9 Å². The second kappa shape index (κ2) is 8.65. The van der Waals surface area contributed by atoms with Crippen molar-refractivity contribution >= 4 is 42.6 Å². The van der Waals surface area contributed by atoms with Gasteiger partial charge in [0.05, 0.1) is 5.69 Å². The highest BCUT2D eigenvalue weighted by atomic mass is 32.2. The largest absolute Gasteiger partial charge is 0.321 e. The molecule has 0 bridgehead atoms. The van der Waals surface area contributed by atoms with Crippen LogP contribution in [0.3, 0.4) is 0 Å². The summed E-state index contributed by atoms with van der Waals surface area (Å²) in [5.74, 6) is -0.581. The highest BCUT2D eigenvalue weighted by molar-refractivity contribution is 7.86. The van der Waals surface area contributed by atoms with Crippen LogP contribution >= 0.6 is 0 Å². The van der Waals surface area contributed by atoms with Crippen LogP contribution in [0.2, 0.25) is 0 Å². The Morgan fingerprint density at radius 3 is 2.03 bits per heavy atom. The quantitative estimate of drug-likeness (QED) is 0.344. The zero-order valence-corrected chi connectivity index (χ0v) is 19.4. The number of amides is 1. The molecule has 0 spiro atoms. The van der Waals surface area contributed by atoms with Crippen LogP contribution in [0, 0.1) is 6.92 Å². The number of anilines is 1. The van der Waals surface area contributed by atoms with Gasteiger partial charge in [-0.2, -0.15) is 16.8 Å². The molecule has 4 aromatic rings. The number of carbonyl (C=O) groups excluding carboxylic acids is 1. The van der Waals surface area contributed by atoms with Gasteiger partial charge in [-0.05, 0) is 42.3 Å². The van der Waals surface area contributed by atoms with E-state index in [9.17, 15) is 30.7 Å². The Balaban J connectivity index is 1.89. The van der Waals surface area contributed by atoms with E-state index in [0.29, 0.717) is 11.1 Å². The molecule has 0 aromatic heterocycles. The van der Waals surface area contributed by atoms with Gasteiger partial charge in [0.2, 0.25) is 0 Å². The molecule has 174 valence electrons. The van der Waals surface area contributed by atoms with Crippen molar-refractivity contribution in [3.63, 3.8) is 0 Å². The van der Waals surface area contributed by atoms with Gasteiger partial charge in [0.25, 0.3) is 26.1 Å². The first-order chi connectivity index (χ1) is 16.0. The van der Waals surface area contributed by atoms with Crippen LogP contribution in [0.25, 0.3) is 21.9 Å². The molecule has 0 fully saturated rings. The monoisotopic (exact) mass is 497 g/mol. The van der Waals surface area contributed by atoms with Crippen molar-refractivity contribution in [3.05, 3.63) is 90.0 Å². The molecule has 0 aliphatic rings. The summed E-state index contributed by atoms with van der Waals surface area (Å²) in [7, 11) is -9.52. The maximum absolute atomic E-state index is 13.3. The maximum Gasteiger partial charge on any atom is 0.295 e. The summed E-state index contributed by atoms with van der Waals surface area (Å²) >= 11 is 0. The highest BCUT2D eigenvalue weighted by Gasteiger charge is 2.24. The average Bonchev–Trinajstić information content (AvgIpc) is 2.78. The van der Waals surface area contributed by atoms with Crippen molar-refractivity contribution in [3.8, 4) is 11.1 Å². The fraction of sp³-hybridized carbons (Fsp3) is 0.0417. The lowest BCUT2D eigenvalue weighted by molar-refractivity contribution is 0.102. The molecule has 0 radical (unpaired) electrons. The lowest BCUT2D eigenvalue weighted by atomic mass is 9.98. The Kier molecular flexibility index (Phi) is 6.00. The third-order valence-corrected chi connectivity index (χ3v) is 7.11. The minimum atomic E-state index is -4.80. The minimum absolute atomic E-state index is 0.0562. The molecule has 10 heteroatoms. The van der Waals surface area contributed by atoms with Gasteiger partial charge in [0.15, 0.2) is 0 Å². The van der Waals surface area contributed by atoms with Crippen LogP contribution in [0.15, 0.2) is 88.7 Å². The Labute approximate surface area is 196 Å². The molecule has 0 aliphatic carbocycles. The van der Waals surface area contributed by atoms with E-state index >= 15 is 0 Å². The van der Waals surface area contributed by atoms with E-state index in [1.807, 2.05) is 31.2 Å². The number of fused-ring (bicyclic) bond motifs is 1. The van der Waals surface area contributed by atoms with E-state index in [2.05, 4.69) is 5.32 Å². The van der Waals surface area contributed by atoms with Gasteiger partial charge < -0.3 is 5.32 Å². The van der Waals surface area contributed by atoms with Crippen LogP contribution in [-0.2, 0) is 20.2 Å². The number of hydrogen-bond donors (Lipinski definition) is 3. The fourth-order valence-corrected chi connectivity index (χ4v) is 5.16. The molecule has 0 heterocycles. The fourth-order valence-electron chi connectivity index (χ4n) is 3.75. The van der Waals surface area contributed by atoms with Crippen molar-refractivity contribution in [1.82, 2.24) is 0 Å². The topological polar surface area (TPSA) is 138 Å². The normalized spacial score (nSPS) is 12.0. The van der Waals surface area contributed by atoms with Crippen LogP contribution in [0.4, 0.5) is 5.69 Å². The predicted molar refractivity (Wildman–Crippen MR) is 128 cm³/mol. The number of hydrogen-bond acceptors (Lipinski definition) is 5. The first kappa shape index (κ1) is 23.6. The summed E-state index contributed by atoms with van der Waals surface area (Å²) in [4.78, 5) is 12.1. The second-order valence-electron chi connectivity index (χ2n) is 7.61. The Hall–Kier alpha value is -3.57. The SMILES string of the molecule is Cc1ccc(-c2ccccc2C(=O)Nc2ccc(S(=O)(=O)O)c3cccc(S(=O)(=O)O)c23)cc1. The molecule has 0 saturated heterocycles. The van der Waals surface area contributed by atoms with Gasteiger partial charge in [-0.1, -0.05) is 60.2 Å². The molecule has 34 heavy (non-hydrogen) atoms. The summed E-state index contributed by atoms with van der Waals surface area (Å²) in [6.45, 7) is 1.94. The van der Waals surface area contributed by atoms with Crippen LogP contribution in [0.5, 0.6) is 0 Å². The van der Waals surface area contributed by atoms with Gasteiger partial charge in [-0.15, -0.1) is 0 Å². The molecule has 4 rings (SSSR count). The highest BCUT2D eigenvalue weighted by Crippen LogP contribution is 2.35. The summed E-state index contributed by atoms with van der Waals surface area (Å²) in [5.41, 5.74) is 2.71. The second-order valence-corrected chi connectivity index (χ2v) is 10.4. The smallest absolute Gasteiger partial charge is 0.295 e. The number of rotatable bonds is 5. The van der Waals surface area contributed by atoms with E-state index in [1.54, 1.807) is 24.3 Å². The Morgan fingerprint density at radius 1 is 0.735 bits per heavy atom. The molecule has 0 saturated carbocycles. The van der Waals surface area contributed by atoms with E-state index in [0.717, 1.165) is 29.3 Å². The first-order valence-corrected chi connectivity index (χ1v) is 12.8. The molecular weight excluding hydrogens is 478 g/mol. The van der Waals surface area contributed by atoms with Crippen molar-refractivity contribution in [2.45, 2.75) is 16.7 Å². The predicted octanol–water partition coefficient (Wildman–Crippen LogP) is 4.56. The first-order valence-electron chi connectivity index (χ1n) is 9.95. The maximum atomic E-state index is 13.3. The third-order valence-electron chi connectivity index (χ3n) is 5.30. The van der Waals surface area contributed by atoms with Crippen molar-refractivity contribution in [2.24, 2.45) is 0 Å². The van der Waals surface area contributed by atoms with Gasteiger partial charge >= 0.3 is 0 Å². The molecule has 4 aromatic carbocycles. The van der Waals surface area contributed by atoms with Crippen molar-refractivity contribution in [1.29, 1.82) is 0 Å². The molecule has 0 unspecified atom stereocenters. The van der Waals surface area contributed by atoms with Crippen LogP contribution < -0.4 is 5.32 Å². The minimum Gasteiger partial charge on any atom is -0.321 e. The summed E-state index contributed by atoms with van der Waals surface area (Å²) in [6.07, 6.45) is 0. The Bertz CT molecular complexity index is 1640. The molecule has 8 nitrogen and oxygen atoms in total. The average molecular weight is 498 g/mol. The van der Waals surface area contributed by atoms with Gasteiger partial charge in [0.1, 0.15) is 9.79 Å². The number of carbonyl (C=O) groups is 1. The third kappa shape index (κ3) is 4.57. The van der Waals surface area contributed by atoms with Crippen molar-refractivity contribution in [2.75, 3.05) is 5.32 Å². The lowest BCUT2D eigenvalue weighted by Gasteiger charge is -2.15. The zero-order valence-electron chi connectivity index (χ0n) is 17.8. The molecular formula is C24H19NO7S2. The van der Waals surface area contributed by atoms with Gasteiger partial charge in [-0.3, -0.25) is 13.9 Å². The lowest BCUT2D eigenvalue weighted by Crippen LogP contribution is -2.14. The standard InChI is InChI=1S/C24H19NO7S2/c1-15-9-11-16(12-10-15)17-5-2-3-6-18(17)24(26)25-20-13-14-21(33(27,28)29)19-7-4-8-22(23(19)20)34(30,31)32/h2-14H,1H3,(H,25,26)(H,27,28,29)(H,30,31,32). The molecule has 3 N–H and O–H groups in total. The number of nitrogens with one attached hydrogen (secondary N) is 1. The summed E-state index contributed by atoms with van der Waals surface area (Å²) < 4.78 is 67.0. The van der Waals surface area contributed by atoms with Crippen molar-refractivity contribution < 1.29 is 30.7 Å². The van der Waals surface area contributed by atoms with Gasteiger partial charge in [0, 0.05) is 16.3 Å². The van der Waals surface area contributed by atoms with E-state index in [4.69, 9.17) is 0 Å². The summed E-state index contributed by atoms with van der Waals surface area (Å²) in [6, 6.07) is 20.1. The van der Waals surface area contributed by atoms with Crippen LogP contribution in [-0.4, -0.2) is 31.8 Å². The van der Waals surface area contributed by atoms with Crippen LogP contribution in [0.1, 0.15) is 15.9 Å².